The third-order valence-corrected chi connectivity index (χ3v) is 4.85. The van der Waals surface area contributed by atoms with Crippen LogP contribution in [-0.4, -0.2) is 56.6 Å². The van der Waals surface area contributed by atoms with Crippen molar-refractivity contribution in [2.75, 3.05) is 40.0 Å². The fourth-order valence-corrected chi connectivity index (χ4v) is 2.98. The van der Waals surface area contributed by atoms with E-state index in [2.05, 4.69) is 34.7 Å². The normalized spacial score (nSPS) is 18.2. The van der Waals surface area contributed by atoms with Gasteiger partial charge in [0.2, 0.25) is 0 Å². The van der Waals surface area contributed by atoms with Crippen molar-refractivity contribution in [1.82, 2.24) is 10.6 Å². The summed E-state index contributed by atoms with van der Waals surface area (Å²) in [7, 11) is 1.68. The number of guanidine groups is 1. The van der Waals surface area contributed by atoms with Crippen molar-refractivity contribution in [1.29, 1.82) is 0 Å². The van der Waals surface area contributed by atoms with Crippen molar-refractivity contribution < 1.29 is 14.6 Å². The molecule has 0 bridgehead atoms. The second-order valence-electron chi connectivity index (χ2n) is 6.92. The average molecular weight is 364 g/mol. The number of rotatable bonds is 8. The molecule has 146 valence electrons. The molecule has 0 amide bonds. The summed E-state index contributed by atoms with van der Waals surface area (Å²) in [4.78, 5) is 4.57. The van der Waals surface area contributed by atoms with Gasteiger partial charge in [-0.2, -0.15) is 0 Å². The van der Waals surface area contributed by atoms with Crippen LogP contribution in [0.25, 0.3) is 0 Å². The molecule has 1 saturated heterocycles. The van der Waals surface area contributed by atoms with Crippen molar-refractivity contribution in [3.8, 4) is 5.75 Å². The lowest BCUT2D eigenvalue weighted by molar-refractivity contribution is -0.0565. The van der Waals surface area contributed by atoms with E-state index in [4.69, 9.17) is 9.47 Å². The van der Waals surface area contributed by atoms with Gasteiger partial charge in [-0.15, -0.1) is 0 Å². The van der Waals surface area contributed by atoms with Crippen LogP contribution in [0.1, 0.15) is 44.6 Å². The van der Waals surface area contributed by atoms with Crippen LogP contribution in [0.5, 0.6) is 5.75 Å². The first kappa shape index (κ1) is 20.5. The highest BCUT2D eigenvalue weighted by Gasteiger charge is 2.29. The van der Waals surface area contributed by atoms with Crippen molar-refractivity contribution in [2.24, 2.45) is 4.99 Å². The highest BCUT2D eigenvalue weighted by Crippen LogP contribution is 2.22. The molecule has 0 aromatic heterocycles. The molecule has 1 aliphatic heterocycles. The van der Waals surface area contributed by atoms with Crippen LogP contribution in [0.15, 0.2) is 29.3 Å². The van der Waals surface area contributed by atoms with Crippen molar-refractivity contribution >= 4 is 5.96 Å². The van der Waals surface area contributed by atoms with Crippen LogP contribution in [0.2, 0.25) is 0 Å². The molecule has 0 radical (unpaired) electrons. The van der Waals surface area contributed by atoms with Gasteiger partial charge in [-0.3, -0.25) is 4.99 Å². The molecule has 1 unspecified atom stereocenters. The molecule has 1 aromatic rings. The van der Waals surface area contributed by atoms with Crippen molar-refractivity contribution in [3.05, 3.63) is 29.8 Å². The van der Waals surface area contributed by atoms with Gasteiger partial charge in [-0.05, 0) is 37.0 Å². The highest BCUT2D eigenvalue weighted by molar-refractivity contribution is 5.79. The quantitative estimate of drug-likeness (QED) is 0.488. The monoisotopic (exact) mass is 363 g/mol. The van der Waals surface area contributed by atoms with Crippen LogP contribution >= 0.6 is 0 Å². The Bertz CT molecular complexity index is 554. The lowest BCUT2D eigenvalue weighted by Crippen LogP contribution is -2.42. The lowest BCUT2D eigenvalue weighted by atomic mass is 9.95. The highest BCUT2D eigenvalue weighted by atomic mass is 16.5. The van der Waals surface area contributed by atoms with Crippen molar-refractivity contribution in [3.63, 3.8) is 0 Å². The third kappa shape index (κ3) is 6.50. The van der Waals surface area contributed by atoms with Gasteiger partial charge < -0.3 is 25.2 Å². The summed E-state index contributed by atoms with van der Waals surface area (Å²) in [5.41, 5.74) is 0.558. The first-order valence-electron chi connectivity index (χ1n) is 9.52. The first-order valence-corrected chi connectivity index (χ1v) is 9.52. The number of hydrogen-bond donors (Lipinski definition) is 3. The van der Waals surface area contributed by atoms with E-state index in [0.29, 0.717) is 38.5 Å². The van der Waals surface area contributed by atoms with Crippen LogP contribution in [0.4, 0.5) is 0 Å². The van der Waals surface area contributed by atoms with E-state index in [1.165, 1.54) is 5.56 Å². The van der Waals surface area contributed by atoms with E-state index in [1.807, 2.05) is 19.1 Å². The summed E-state index contributed by atoms with van der Waals surface area (Å²) >= 11 is 0. The van der Waals surface area contributed by atoms with Gasteiger partial charge in [0.25, 0.3) is 0 Å². The fraction of sp³-hybridized carbons (Fsp3) is 0.650. The van der Waals surface area contributed by atoms with Gasteiger partial charge in [-0.1, -0.05) is 19.1 Å². The van der Waals surface area contributed by atoms with Gasteiger partial charge in [-0.25, -0.2) is 0 Å². The van der Waals surface area contributed by atoms with E-state index >= 15 is 0 Å². The maximum absolute atomic E-state index is 10.5. The number of aliphatic imine (C=N–C) groups is 1. The molecular weight excluding hydrogens is 330 g/mol. The molecule has 6 heteroatoms. The molecule has 6 nitrogen and oxygen atoms in total. The average Bonchev–Trinajstić information content (AvgIpc) is 2.66. The molecule has 3 N–H and O–H groups in total. The van der Waals surface area contributed by atoms with E-state index < -0.39 is 5.60 Å². The Balaban J connectivity index is 1.82. The number of methoxy groups -OCH3 is 1. The van der Waals surface area contributed by atoms with Gasteiger partial charge in [0.1, 0.15) is 5.75 Å². The van der Waals surface area contributed by atoms with Gasteiger partial charge >= 0.3 is 0 Å². The number of aliphatic hydroxyl groups is 1. The molecule has 0 saturated carbocycles. The molecule has 0 spiro atoms. The topological polar surface area (TPSA) is 75.1 Å². The standard InChI is InChI=1S/C20H33N3O3/c1-4-21-19(23-15-20(24)10-13-26-14-11-20)22-12-9-16(2)17-5-7-18(25-3)8-6-17/h5-8,16,24H,4,9-15H2,1-3H3,(H2,21,22,23). The smallest absolute Gasteiger partial charge is 0.191 e. The molecule has 0 aliphatic carbocycles. The Labute approximate surface area is 157 Å². The van der Waals surface area contributed by atoms with Crippen LogP contribution in [0, 0.1) is 0 Å². The molecule has 26 heavy (non-hydrogen) atoms. The fourth-order valence-electron chi connectivity index (χ4n) is 2.98. The summed E-state index contributed by atoms with van der Waals surface area (Å²) in [6.07, 6.45) is 2.28. The summed E-state index contributed by atoms with van der Waals surface area (Å²) in [6, 6.07) is 8.23. The summed E-state index contributed by atoms with van der Waals surface area (Å²) in [6.45, 7) is 7.49. The largest absolute Gasteiger partial charge is 0.497 e. The lowest BCUT2D eigenvalue weighted by Gasteiger charge is -2.30. The van der Waals surface area contributed by atoms with Gasteiger partial charge in [0.15, 0.2) is 5.96 Å². The summed E-state index contributed by atoms with van der Waals surface area (Å²) < 4.78 is 10.5. The second kappa shape index (κ2) is 10.4. The Morgan fingerprint density at radius 1 is 1.27 bits per heavy atom. The van der Waals surface area contributed by atoms with E-state index in [-0.39, 0.29) is 0 Å². The number of ether oxygens (including phenoxy) is 2. The Kier molecular flexibility index (Phi) is 8.19. The molecular formula is C20H33N3O3. The zero-order valence-electron chi connectivity index (χ0n) is 16.3. The Hall–Kier alpha value is -1.79. The Morgan fingerprint density at radius 3 is 2.58 bits per heavy atom. The van der Waals surface area contributed by atoms with Crippen molar-refractivity contribution in [2.45, 2.75) is 44.6 Å². The Morgan fingerprint density at radius 2 is 1.96 bits per heavy atom. The van der Waals surface area contributed by atoms with Gasteiger partial charge in [0, 0.05) is 39.1 Å². The zero-order chi connectivity index (χ0) is 18.8. The zero-order valence-corrected chi connectivity index (χ0v) is 16.3. The molecule has 1 heterocycles. The number of nitrogens with one attached hydrogen (secondary N) is 2. The maximum Gasteiger partial charge on any atom is 0.191 e. The molecule has 1 atom stereocenters. The number of nitrogens with zero attached hydrogens (tertiary/aromatic N) is 1. The van der Waals surface area contributed by atoms with Crippen LogP contribution in [0.3, 0.4) is 0 Å². The van der Waals surface area contributed by atoms with Crippen LogP contribution in [-0.2, 0) is 4.74 Å². The second-order valence-corrected chi connectivity index (χ2v) is 6.92. The number of benzene rings is 1. The van der Waals surface area contributed by atoms with E-state index in [1.54, 1.807) is 7.11 Å². The first-order chi connectivity index (χ1) is 12.6. The molecule has 1 aliphatic rings. The molecule has 2 rings (SSSR count). The maximum atomic E-state index is 10.5. The number of hydrogen-bond acceptors (Lipinski definition) is 4. The third-order valence-electron chi connectivity index (χ3n) is 4.85. The predicted octanol–water partition coefficient (Wildman–Crippen LogP) is 2.29. The minimum Gasteiger partial charge on any atom is -0.497 e. The summed E-state index contributed by atoms with van der Waals surface area (Å²) in [5.74, 6) is 2.08. The minimum atomic E-state index is -0.739. The minimum absolute atomic E-state index is 0.403. The molecule has 1 aromatic carbocycles. The molecule has 1 fully saturated rings. The van der Waals surface area contributed by atoms with E-state index in [9.17, 15) is 5.11 Å². The summed E-state index contributed by atoms with van der Waals surface area (Å²) in [5, 5.41) is 17.2. The SMILES string of the molecule is CCNC(=NCC1(O)CCOCC1)NCCC(C)c1ccc(OC)cc1. The van der Waals surface area contributed by atoms with Crippen LogP contribution < -0.4 is 15.4 Å². The van der Waals surface area contributed by atoms with E-state index in [0.717, 1.165) is 31.2 Å². The van der Waals surface area contributed by atoms with Gasteiger partial charge in [0.05, 0.1) is 19.3 Å². The predicted molar refractivity (Wildman–Crippen MR) is 105 cm³/mol.